The monoisotopic (exact) mass is 693 g/mol. The van der Waals surface area contributed by atoms with Gasteiger partial charge in [0.25, 0.3) is 0 Å². The van der Waals surface area contributed by atoms with E-state index in [0.717, 1.165) is 34.8 Å². The van der Waals surface area contributed by atoms with Crippen LogP contribution in [-0.4, -0.2) is 11.9 Å². The molecule has 2 aliphatic carbocycles. The average Bonchev–Trinajstić information content (AvgIpc) is 3.54. The third kappa shape index (κ3) is 5.66. The van der Waals surface area contributed by atoms with Gasteiger partial charge in [-0.15, -0.1) is 0 Å². The third-order valence-electron chi connectivity index (χ3n) is 10.8. The fourth-order valence-corrected chi connectivity index (χ4v) is 8.08. The smallest absolute Gasteiger partial charge is 0.335 e. The van der Waals surface area contributed by atoms with Crippen molar-refractivity contribution < 1.29 is 19.1 Å². The summed E-state index contributed by atoms with van der Waals surface area (Å²) in [7, 11) is 0. The summed E-state index contributed by atoms with van der Waals surface area (Å²) in [6, 6.07) is 44.2. The first kappa shape index (κ1) is 33.7. The lowest BCUT2D eigenvalue weighted by molar-refractivity contribution is -0.129. The van der Waals surface area contributed by atoms with E-state index < -0.39 is 11.9 Å². The van der Waals surface area contributed by atoms with Crippen LogP contribution in [-0.2, 0) is 20.4 Å². The van der Waals surface area contributed by atoms with Gasteiger partial charge in [0.05, 0.1) is 0 Å². The quantitative estimate of drug-likeness (QED) is 0.0902. The molecule has 2 aliphatic rings. The maximum atomic E-state index is 12.1. The molecule has 0 spiro atoms. The number of carbonyl (C=O) groups excluding carboxylic acids is 2. The van der Waals surface area contributed by atoms with Crippen LogP contribution in [0.2, 0.25) is 0 Å². The highest BCUT2D eigenvalue weighted by Crippen LogP contribution is 2.53. The van der Waals surface area contributed by atoms with Crippen LogP contribution >= 0.6 is 0 Å². The van der Waals surface area contributed by atoms with E-state index in [0.29, 0.717) is 5.56 Å². The number of nitrogens with zero attached hydrogens (tertiary/aromatic N) is 1. The van der Waals surface area contributed by atoms with E-state index in [1.807, 2.05) is 12.1 Å². The highest BCUT2D eigenvalue weighted by molar-refractivity contribution is 5.89. The van der Waals surface area contributed by atoms with Crippen molar-refractivity contribution in [2.75, 3.05) is 4.90 Å². The summed E-state index contributed by atoms with van der Waals surface area (Å²) < 4.78 is 10.9. The number of hydrogen-bond acceptors (Lipinski definition) is 5. The molecule has 0 saturated heterocycles. The van der Waals surface area contributed by atoms with Gasteiger partial charge in [-0.05, 0) is 104 Å². The van der Waals surface area contributed by atoms with Gasteiger partial charge in [-0.3, -0.25) is 0 Å². The van der Waals surface area contributed by atoms with Gasteiger partial charge in [0.2, 0.25) is 0 Å². The number of ether oxygens (including phenoxy) is 2. The summed E-state index contributed by atoms with van der Waals surface area (Å²) >= 11 is 0. The molecule has 8 rings (SSSR count). The minimum Gasteiger partial charge on any atom is -0.423 e. The lowest BCUT2D eigenvalue weighted by atomic mass is 9.82. The molecule has 260 valence electrons. The average molecular weight is 694 g/mol. The van der Waals surface area contributed by atoms with Crippen LogP contribution < -0.4 is 14.4 Å². The molecule has 6 aromatic rings. The summed E-state index contributed by atoms with van der Waals surface area (Å²) in [5, 5.41) is 0. The third-order valence-corrected chi connectivity index (χ3v) is 10.8. The molecule has 0 aliphatic heterocycles. The molecule has 0 amide bonds. The molecule has 0 heterocycles. The summed E-state index contributed by atoms with van der Waals surface area (Å²) in [4.78, 5) is 26.5. The maximum absolute atomic E-state index is 12.1. The normalized spacial score (nSPS) is 13.9. The zero-order valence-electron chi connectivity index (χ0n) is 30.3. The molecule has 0 atom stereocenters. The van der Waals surface area contributed by atoms with Crippen molar-refractivity contribution in [1.29, 1.82) is 0 Å². The Balaban J connectivity index is 1.25. The molecule has 0 bridgehead atoms. The zero-order chi connectivity index (χ0) is 37.1. The molecule has 53 heavy (non-hydrogen) atoms. The van der Waals surface area contributed by atoms with Gasteiger partial charge in [-0.1, -0.05) is 114 Å². The van der Waals surface area contributed by atoms with E-state index in [1.165, 1.54) is 50.6 Å². The van der Waals surface area contributed by atoms with Crippen molar-refractivity contribution in [3.8, 4) is 44.9 Å². The Bertz CT molecular complexity index is 2340. The molecule has 0 unspecified atom stereocenters. The Kier molecular flexibility index (Phi) is 8.03. The molecule has 0 fully saturated rings. The lowest BCUT2D eigenvalue weighted by Gasteiger charge is -2.30. The summed E-state index contributed by atoms with van der Waals surface area (Å²) in [5.41, 5.74) is 14.7. The number of fused-ring (bicyclic) bond motifs is 6. The fourth-order valence-electron chi connectivity index (χ4n) is 8.08. The summed E-state index contributed by atoms with van der Waals surface area (Å²) in [6.07, 6.45) is 2.17. The van der Waals surface area contributed by atoms with E-state index in [9.17, 15) is 9.59 Å². The van der Waals surface area contributed by atoms with Crippen LogP contribution in [0.1, 0.15) is 49.9 Å². The Labute approximate surface area is 310 Å². The van der Waals surface area contributed by atoms with Gasteiger partial charge in [-0.25, -0.2) is 9.59 Å². The van der Waals surface area contributed by atoms with Crippen molar-refractivity contribution >= 4 is 29.0 Å². The molecule has 0 N–H and O–H groups in total. The topological polar surface area (TPSA) is 55.8 Å². The number of rotatable bonds is 8. The van der Waals surface area contributed by atoms with Crippen LogP contribution in [0.4, 0.5) is 17.1 Å². The second kappa shape index (κ2) is 12.6. The fraction of sp³-hybridized carbons (Fsp3) is 0.125. The van der Waals surface area contributed by atoms with Crippen molar-refractivity contribution in [2.45, 2.75) is 38.5 Å². The van der Waals surface area contributed by atoms with Gasteiger partial charge in [-0.2, -0.15) is 0 Å². The van der Waals surface area contributed by atoms with Crippen molar-refractivity contribution in [3.63, 3.8) is 0 Å². The van der Waals surface area contributed by atoms with Gasteiger partial charge in [0, 0.05) is 46.1 Å². The first-order valence-electron chi connectivity index (χ1n) is 17.7. The standard InChI is InChI=1S/C48H39NO4/c1-7-45(50)52-35-25-31(26-36(29-35)53-46(51)8-2)30-17-19-32(20-18-30)49(33-21-23-39-37-13-9-11-15-41(37)47(3,4)43(39)27-33)34-22-24-40-38-14-10-12-16-42(38)48(5,6)44(40)28-34/h7-29H,1-2H2,3-6H3. The number of esters is 2. The van der Waals surface area contributed by atoms with Crippen LogP contribution in [0.15, 0.2) is 153 Å². The van der Waals surface area contributed by atoms with E-state index in [1.54, 1.807) is 12.1 Å². The van der Waals surface area contributed by atoms with Gasteiger partial charge >= 0.3 is 11.9 Å². The Hall–Kier alpha value is -6.46. The SMILES string of the molecule is C=CC(=O)Oc1cc(OC(=O)C=C)cc(-c2ccc(N(c3ccc4c(c3)C(C)(C)c3ccccc3-4)c3ccc4c(c3)C(C)(C)c3ccccc3-4)cc2)c1. The maximum Gasteiger partial charge on any atom is 0.335 e. The largest absolute Gasteiger partial charge is 0.423 e. The van der Waals surface area contributed by atoms with Crippen molar-refractivity contribution in [3.05, 3.63) is 175 Å². The minimum atomic E-state index is -0.615. The number of anilines is 3. The molecular weight excluding hydrogens is 655 g/mol. The minimum absolute atomic E-state index is 0.161. The van der Waals surface area contributed by atoms with Crippen LogP contribution in [0.3, 0.4) is 0 Å². The molecule has 0 aromatic heterocycles. The highest BCUT2D eigenvalue weighted by atomic mass is 16.5. The Morgan fingerprint density at radius 2 is 0.906 bits per heavy atom. The van der Waals surface area contributed by atoms with E-state index in [-0.39, 0.29) is 22.3 Å². The zero-order valence-corrected chi connectivity index (χ0v) is 30.3. The second-order valence-electron chi connectivity index (χ2n) is 14.6. The lowest BCUT2D eigenvalue weighted by Crippen LogP contribution is -2.18. The van der Waals surface area contributed by atoms with E-state index in [2.05, 4.69) is 143 Å². The van der Waals surface area contributed by atoms with Crippen LogP contribution in [0.5, 0.6) is 11.5 Å². The van der Waals surface area contributed by atoms with Crippen LogP contribution in [0.25, 0.3) is 33.4 Å². The number of hydrogen-bond donors (Lipinski definition) is 0. The van der Waals surface area contributed by atoms with Gasteiger partial charge in [0.1, 0.15) is 11.5 Å². The number of carbonyl (C=O) groups is 2. The summed E-state index contributed by atoms with van der Waals surface area (Å²) in [6.45, 7) is 16.2. The molecule has 5 nitrogen and oxygen atoms in total. The molecular formula is C48H39NO4. The number of benzene rings is 6. The van der Waals surface area contributed by atoms with Gasteiger partial charge in [0.15, 0.2) is 0 Å². The summed E-state index contributed by atoms with van der Waals surface area (Å²) in [5.74, 6) is -0.771. The first-order chi connectivity index (χ1) is 25.5. The molecule has 6 aromatic carbocycles. The molecule has 0 radical (unpaired) electrons. The second-order valence-corrected chi connectivity index (χ2v) is 14.6. The van der Waals surface area contributed by atoms with Crippen molar-refractivity contribution in [1.82, 2.24) is 0 Å². The predicted octanol–water partition coefficient (Wildman–Crippen LogP) is 11.6. The predicted molar refractivity (Wildman–Crippen MR) is 213 cm³/mol. The first-order valence-corrected chi connectivity index (χ1v) is 17.7. The highest BCUT2D eigenvalue weighted by Gasteiger charge is 2.37. The molecule has 5 heteroatoms. The Morgan fingerprint density at radius 3 is 1.36 bits per heavy atom. The van der Waals surface area contributed by atoms with E-state index in [4.69, 9.17) is 9.47 Å². The Morgan fingerprint density at radius 1 is 0.491 bits per heavy atom. The molecule has 0 saturated carbocycles. The van der Waals surface area contributed by atoms with E-state index >= 15 is 0 Å². The van der Waals surface area contributed by atoms with Gasteiger partial charge < -0.3 is 14.4 Å². The van der Waals surface area contributed by atoms with Crippen molar-refractivity contribution in [2.24, 2.45) is 0 Å². The van der Waals surface area contributed by atoms with Crippen LogP contribution in [0, 0.1) is 0 Å².